The Bertz CT molecular complexity index is 380. The Kier molecular flexibility index (Phi) is 2.04. The lowest BCUT2D eigenvalue weighted by Gasteiger charge is -2.18. The summed E-state index contributed by atoms with van der Waals surface area (Å²) in [5.41, 5.74) is 0. The molecule has 3 rings (SSSR count). The summed E-state index contributed by atoms with van der Waals surface area (Å²) in [4.78, 5) is 0. The molecule has 2 bridgehead atoms. The van der Waals surface area contributed by atoms with Crippen molar-refractivity contribution >= 4 is 5.82 Å². The van der Waals surface area contributed by atoms with E-state index >= 15 is 0 Å². The molecule has 3 atom stereocenters. The molecular weight excluding hydrogens is 186 g/mol. The summed E-state index contributed by atoms with van der Waals surface area (Å²) in [5, 5.41) is 7.75. The number of aromatic nitrogens is 2. The van der Waals surface area contributed by atoms with E-state index in [0.717, 1.165) is 30.1 Å². The quantitative estimate of drug-likeness (QED) is 0.762. The molecular formula is C12H17N3. The number of fused-ring (bicyclic) bond motifs is 2. The van der Waals surface area contributed by atoms with E-state index < -0.39 is 0 Å². The van der Waals surface area contributed by atoms with Gasteiger partial charge in [-0.05, 0) is 30.6 Å². The molecule has 2 aliphatic rings. The first kappa shape index (κ1) is 9.01. The first-order valence-electron chi connectivity index (χ1n) is 5.73. The molecule has 0 amide bonds. The van der Waals surface area contributed by atoms with E-state index in [4.69, 9.17) is 0 Å². The Morgan fingerprint density at radius 3 is 3.00 bits per heavy atom. The van der Waals surface area contributed by atoms with E-state index in [2.05, 4.69) is 22.6 Å². The topological polar surface area (TPSA) is 29.9 Å². The Morgan fingerprint density at radius 1 is 1.47 bits per heavy atom. The largest absolute Gasteiger partial charge is 0.368 e. The highest BCUT2D eigenvalue weighted by Crippen LogP contribution is 2.43. The third-order valence-electron chi connectivity index (χ3n) is 3.68. The molecule has 15 heavy (non-hydrogen) atoms. The molecule has 3 heteroatoms. The van der Waals surface area contributed by atoms with Crippen LogP contribution in [0, 0.1) is 17.8 Å². The lowest BCUT2D eigenvalue weighted by molar-refractivity contribution is 0.471. The van der Waals surface area contributed by atoms with Crippen LogP contribution in [-0.2, 0) is 7.05 Å². The zero-order valence-corrected chi connectivity index (χ0v) is 9.06. The van der Waals surface area contributed by atoms with Crippen molar-refractivity contribution < 1.29 is 0 Å². The highest BCUT2D eigenvalue weighted by molar-refractivity contribution is 5.32. The number of anilines is 1. The Hall–Kier alpha value is -1.25. The van der Waals surface area contributed by atoms with Crippen LogP contribution in [0.15, 0.2) is 24.4 Å². The summed E-state index contributed by atoms with van der Waals surface area (Å²) in [7, 11) is 1.95. The number of hydrogen-bond acceptors (Lipinski definition) is 2. The fraction of sp³-hybridized carbons (Fsp3) is 0.583. The van der Waals surface area contributed by atoms with Crippen LogP contribution in [0.25, 0.3) is 0 Å². The molecule has 0 spiro atoms. The summed E-state index contributed by atoms with van der Waals surface area (Å²) < 4.78 is 1.84. The van der Waals surface area contributed by atoms with Crippen LogP contribution in [0.3, 0.4) is 0 Å². The molecule has 0 aliphatic heterocycles. The van der Waals surface area contributed by atoms with Crippen LogP contribution in [0.2, 0.25) is 0 Å². The predicted octanol–water partition coefficient (Wildman–Crippen LogP) is 2.04. The van der Waals surface area contributed by atoms with E-state index in [-0.39, 0.29) is 0 Å². The van der Waals surface area contributed by atoms with Crippen LogP contribution < -0.4 is 5.32 Å². The molecule has 1 aromatic rings. The number of nitrogens with one attached hydrogen (secondary N) is 1. The number of aryl methyl sites for hydroxylation is 1. The molecule has 2 aliphatic carbocycles. The molecule has 1 aromatic heterocycles. The van der Waals surface area contributed by atoms with Crippen molar-refractivity contribution in [3.05, 3.63) is 24.4 Å². The van der Waals surface area contributed by atoms with E-state index in [1.807, 2.05) is 24.0 Å². The SMILES string of the molecule is Cn1ccc(NC[C@@H]2C[C@@H]3C=C[C@H]2C3)n1. The molecule has 0 saturated heterocycles. The standard InChI is InChI=1S/C12H17N3/c1-15-5-4-12(14-15)13-8-11-7-9-2-3-10(11)6-9/h2-5,9-11H,6-8H2,1H3,(H,13,14)/t9-,10+,11+/m1/s1. The summed E-state index contributed by atoms with van der Waals surface area (Å²) in [6.45, 7) is 1.07. The van der Waals surface area contributed by atoms with Gasteiger partial charge in [-0.1, -0.05) is 12.2 Å². The molecule has 0 unspecified atom stereocenters. The number of nitrogens with zero attached hydrogens (tertiary/aromatic N) is 2. The minimum Gasteiger partial charge on any atom is -0.368 e. The summed E-state index contributed by atoms with van der Waals surface area (Å²) in [6.07, 6.45) is 9.51. The number of allylic oxidation sites excluding steroid dienone is 2. The van der Waals surface area contributed by atoms with Crippen LogP contribution >= 0.6 is 0 Å². The molecule has 1 N–H and O–H groups in total. The van der Waals surface area contributed by atoms with Gasteiger partial charge in [0, 0.05) is 25.9 Å². The normalized spacial score (nSPS) is 32.5. The van der Waals surface area contributed by atoms with Crippen molar-refractivity contribution in [1.29, 1.82) is 0 Å². The van der Waals surface area contributed by atoms with Crippen LogP contribution in [-0.4, -0.2) is 16.3 Å². The molecule has 1 fully saturated rings. The Morgan fingerprint density at radius 2 is 2.40 bits per heavy atom. The van der Waals surface area contributed by atoms with Gasteiger partial charge >= 0.3 is 0 Å². The summed E-state index contributed by atoms with van der Waals surface area (Å²) in [5.74, 6) is 3.52. The molecule has 0 radical (unpaired) electrons. The van der Waals surface area contributed by atoms with Crippen molar-refractivity contribution in [3.63, 3.8) is 0 Å². The third kappa shape index (κ3) is 1.66. The summed E-state index contributed by atoms with van der Waals surface area (Å²) in [6, 6.07) is 2.03. The minimum atomic E-state index is 0.821. The lowest BCUT2D eigenvalue weighted by Crippen LogP contribution is -2.18. The second-order valence-corrected chi connectivity index (χ2v) is 4.80. The van der Waals surface area contributed by atoms with Gasteiger partial charge < -0.3 is 5.32 Å². The average Bonchev–Trinajstić information content (AvgIpc) is 2.90. The highest BCUT2D eigenvalue weighted by atomic mass is 15.3. The van der Waals surface area contributed by atoms with Crippen molar-refractivity contribution in [2.45, 2.75) is 12.8 Å². The molecule has 0 aromatic carbocycles. The van der Waals surface area contributed by atoms with Gasteiger partial charge in [-0.25, -0.2) is 0 Å². The average molecular weight is 203 g/mol. The summed E-state index contributed by atoms with van der Waals surface area (Å²) >= 11 is 0. The zero-order chi connectivity index (χ0) is 10.3. The van der Waals surface area contributed by atoms with Gasteiger partial charge in [0.1, 0.15) is 5.82 Å². The van der Waals surface area contributed by atoms with Crippen molar-refractivity contribution in [2.75, 3.05) is 11.9 Å². The van der Waals surface area contributed by atoms with Crippen LogP contribution in [0.1, 0.15) is 12.8 Å². The van der Waals surface area contributed by atoms with E-state index in [0.29, 0.717) is 0 Å². The maximum Gasteiger partial charge on any atom is 0.147 e. The fourth-order valence-electron chi connectivity index (χ4n) is 2.87. The molecule has 1 saturated carbocycles. The third-order valence-corrected chi connectivity index (χ3v) is 3.68. The van der Waals surface area contributed by atoms with Crippen molar-refractivity contribution in [2.24, 2.45) is 24.8 Å². The van der Waals surface area contributed by atoms with Crippen LogP contribution in [0.5, 0.6) is 0 Å². The van der Waals surface area contributed by atoms with Gasteiger partial charge in [-0.15, -0.1) is 0 Å². The van der Waals surface area contributed by atoms with Gasteiger partial charge in [0.15, 0.2) is 0 Å². The lowest BCUT2D eigenvalue weighted by atomic mass is 9.94. The van der Waals surface area contributed by atoms with Gasteiger partial charge in [0.05, 0.1) is 0 Å². The van der Waals surface area contributed by atoms with Gasteiger partial charge in [0.2, 0.25) is 0 Å². The number of rotatable bonds is 3. The maximum absolute atomic E-state index is 4.32. The highest BCUT2D eigenvalue weighted by Gasteiger charge is 2.35. The van der Waals surface area contributed by atoms with E-state index in [1.165, 1.54) is 12.8 Å². The monoisotopic (exact) mass is 203 g/mol. The smallest absolute Gasteiger partial charge is 0.147 e. The van der Waals surface area contributed by atoms with Gasteiger partial charge in [0.25, 0.3) is 0 Å². The second-order valence-electron chi connectivity index (χ2n) is 4.80. The van der Waals surface area contributed by atoms with Crippen LogP contribution in [0.4, 0.5) is 5.82 Å². The predicted molar refractivity (Wildman–Crippen MR) is 60.5 cm³/mol. The van der Waals surface area contributed by atoms with E-state index in [9.17, 15) is 0 Å². The van der Waals surface area contributed by atoms with Gasteiger partial charge in [-0.3, -0.25) is 4.68 Å². The van der Waals surface area contributed by atoms with Crippen molar-refractivity contribution in [1.82, 2.24) is 9.78 Å². The first-order chi connectivity index (χ1) is 7.31. The first-order valence-corrected chi connectivity index (χ1v) is 5.73. The Balaban J connectivity index is 1.57. The van der Waals surface area contributed by atoms with Crippen molar-refractivity contribution in [3.8, 4) is 0 Å². The molecule has 80 valence electrons. The Labute approximate surface area is 90.2 Å². The fourth-order valence-corrected chi connectivity index (χ4v) is 2.87. The molecule has 3 nitrogen and oxygen atoms in total. The minimum absolute atomic E-state index is 0.821. The van der Waals surface area contributed by atoms with E-state index in [1.54, 1.807) is 0 Å². The maximum atomic E-state index is 4.32. The number of hydrogen-bond donors (Lipinski definition) is 1. The second kappa shape index (κ2) is 3.40. The molecule has 1 heterocycles. The van der Waals surface area contributed by atoms with Gasteiger partial charge in [-0.2, -0.15) is 5.10 Å². The zero-order valence-electron chi connectivity index (χ0n) is 9.06.